The first kappa shape index (κ1) is 11.7. The zero-order chi connectivity index (χ0) is 12.3. The third-order valence-corrected chi connectivity index (χ3v) is 2.95. The molecule has 1 amide bonds. The molecule has 2 rings (SSSR count). The number of hydrogen-bond acceptors (Lipinski definition) is 3. The van der Waals surface area contributed by atoms with Crippen molar-refractivity contribution in [3.63, 3.8) is 0 Å². The summed E-state index contributed by atoms with van der Waals surface area (Å²) in [6.07, 6.45) is 1.64. The van der Waals surface area contributed by atoms with Crippen LogP contribution in [0.2, 0.25) is 0 Å². The molecule has 0 aliphatic heterocycles. The standard InChI is InChI=1S/C11H11BrN4O/c12-9-5-7(1-2-10(9)13)11(17)14-6-8-3-4-15-16-8/h1-5H,6,13H2,(H,14,17)(H,15,16). The van der Waals surface area contributed by atoms with Crippen LogP contribution in [0.15, 0.2) is 34.9 Å². The Hall–Kier alpha value is -1.82. The molecule has 1 heterocycles. The van der Waals surface area contributed by atoms with Gasteiger partial charge in [0.05, 0.1) is 12.2 Å². The number of carbonyl (C=O) groups is 1. The second-order valence-electron chi connectivity index (χ2n) is 3.50. The summed E-state index contributed by atoms with van der Waals surface area (Å²) >= 11 is 3.28. The van der Waals surface area contributed by atoms with Crippen LogP contribution in [0.1, 0.15) is 16.1 Å². The van der Waals surface area contributed by atoms with E-state index in [4.69, 9.17) is 5.73 Å². The number of H-pyrrole nitrogens is 1. The van der Waals surface area contributed by atoms with Gasteiger partial charge in [0.2, 0.25) is 0 Å². The zero-order valence-electron chi connectivity index (χ0n) is 8.90. The average Bonchev–Trinajstić information content (AvgIpc) is 2.82. The van der Waals surface area contributed by atoms with E-state index >= 15 is 0 Å². The molecular weight excluding hydrogens is 284 g/mol. The molecule has 0 fully saturated rings. The molecule has 0 radical (unpaired) electrons. The molecule has 0 saturated heterocycles. The molecule has 5 nitrogen and oxygen atoms in total. The van der Waals surface area contributed by atoms with Crippen molar-refractivity contribution in [2.45, 2.75) is 6.54 Å². The van der Waals surface area contributed by atoms with Gasteiger partial charge in [0, 0.05) is 21.9 Å². The van der Waals surface area contributed by atoms with Crippen molar-refractivity contribution in [1.82, 2.24) is 15.5 Å². The first-order chi connectivity index (χ1) is 8.16. The first-order valence-corrected chi connectivity index (χ1v) is 5.77. The molecule has 88 valence electrons. The van der Waals surface area contributed by atoms with E-state index in [1.165, 1.54) is 0 Å². The molecule has 6 heteroatoms. The lowest BCUT2D eigenvalue weighted by molar-refractivity contribution is 0.0950. The number of halogens is 1. The van der Waals surface area contributed by atoms with Gasteiger partial charge in [-0.3, -0.25) is 9.89 Å². The minimum absolute atomic E-state index is 0.152. The Morgan fingerprint density at radius 3 is 2.94 bits per heavy atom. The van der Waals surface area contributed by atoms with E-state index in [0.29, 0.717) is 22.3 Å². The van der Waals surface area contributed by atoms with E-state index in [1.807, 2.05) is 0 Å². The Morgan fingerprint density at radius 2 is 2.29 bits per heavy atom. The number of benzene rings is 1. The predicted octanol–water partition coefficient (Wildman–Crippen LogP) is 1.68. The van der Waals surface area contributed by atoms with Crippen LogP contribution in [0.4, 0.5) is 5.69 Å². The van der Waals surface area contributed by atoms with Crippen molar-refractivity contribution in [2.24, 2.45) is 0 Å². The topological polar surface area (TPSA) is 83.8 Å². The van der Waals surface area contributed by atoms with Gasteiger partial charge in [-0.25, -0.2) is 0 Å². The summed E-state index contributed by atoms with van der Waals surface area (Å²) in [7, 11) is 0. The largest absolute Gasteiger partial charge is 0.398 e. The van der Waals surface area contributed by atoms with Gasteiger partial charge in [0.1, 0.15) is 0 Å². The molecule has 0 spiro atoms. The van der Waals surface area contributed by atoms with Crippen molar-refractivity contribution in [2.75, 3.05) is 5.73 Å². The number of nitrogens with zero attached hydrogens (tertiary/aromatic N) is 1. The highest BCUT2D eigenvalue weighted by molar-refractivity contribution is 9.10. The predicted molar refractivity (Wildman–Crippen MR) is 68.3 cm³/mol. The maximum atomic E-state index is 11.8. The lowest BCUT2D eigenvalue weighted by Gasteiger charge is -2.05. The van der Waals surface area contributed by atoms with Crippen LogP contribution < -0.4 is 11.1 Å². The third kappa shape index (κ3) is 2.85. The lowest BCUT2D eigenvalue weighted by Crippen LogP contribution is -2.23. The smallest absolute Gasteiger partial charge is 0.251 e. The molecule has 17 heavy (non-hydrogen) atoms. The number of anilines is 1. The molecule has 0 atom stereocenters. The summed E-state index contributed by atoms with van der Waals surface area (Å²) in [6, 6.07) is 6.87. The number of nitrogens with one attached hydrogen (secondary N) is 2. The van der Waals surface area contributed by atoms with Crippen molar-refractivity contribution in [3.05, 3.63) is 46.2 Å². The fourth-order valence-electron chi connectivity index (χ4n) is 1.33. The van der Waals surface area contributed by atoms with Gasteiger partial charge in [0.25, 0.3) is 5.91 Å². The molecule has 1 aromatic heterocycles. The number of aromatic nitrogens is 2. The summed E-state index contributed by atoms with van der Waals surface area (Å²) in [5, 5.41) is 9.34. The SMILES string of the molecule is Nc1ccc(C(=O)NCc2ccn[nH]2)cc1Br. The molecule has 1 aromatic carbocycles. The monoisotopic (exact) mass is 294 g/mol. The van der Waals surface area contributed by atoms with E-state index in [1.54, 1.807) is 30.5 Å². The third-order valence-electron chi connectivity index (χ3n) is 2.26. The Bertz CT molecular complexity index is 524. The van der Waals surface area contributed by atoms with Crippen LogP contribution >= 0.6 is 15.9 Å². The van der Waals surface area contributed by atoms with Crippen LogP contribution in [-0.4, -0.2) is 16.1 Å². The van der Waals surface area contributed by atoms with Crippen LogP contribution in [0.25, 0.3) is 0 Å². The second kappa shape index (κ2) is 5.01. The highest BCUT2D eigenvalue weighted by Gasteiger charge is 2.07. The Labute approximate surface area is 107 Å². The molecule has 0 unspecified atom stereocenters. The van der Waals surface area contributed by atoms with Gasteiger partial charge >= 0.3 is 0 Å². The lowest BCUT2D eigenvalue weighted by atomic mass is 10.2. The normalized spacial score (nSPS) is 10.2. The number of hydrogen-bond donors (Lipinski definition) is 3. The average molecular weight is 295 g/mol. The maximum Gasteiger partial charge on any atom is 0.251 e. The van der Waals surface area contributed by atoms with Gasteiger partial charge in [-0.15, -0.1) is 0 Å². The highest BCUT2D eigenvalue weighted by atomic mass is 79.9. The molecule has 0 saturated carbocycles. The summed E-state index contributed by atoms with van der Waals surface area (Å²) in [6.45, 7) is 0.417. The molecule has 4 N–H and O–H groups in total. The van der Waals surface area contributed by atoms with E-state index in [-0.39, 0.29) is 5.91 Å². The molecule has 0 bridgehead atoms. The number of rotatable bonds is 3. The van der Waals surface area contributed by atoms with E-state index < -0.39 is 0 Å². The number of nitrogen functional groups attached to an aromatic ring is 1. The number of aromatic amines is 1. The summed E-state index contributed by atoms with van der Waals surface area (Å²) in [5.41, 5.74) is 7.67. The Balaban J connectivity index is 2.02. The molecule has 0 aliphatic rings. The van der Waals surface area contributed by atoms with Crippen molar-refractivity contribution >= 4 is 27.5 Å². The van der Waals surface area contributed by atoms with Crippen LogP contribution in [0.3, 0.4) is 0 Å². The zero-order valence-corrected chi connectivity index (χ0v) is 10.5. The highest BCUT2D eigenvalue weighted by Crippen LogP contribution is 2.20. The second-order valence-corrected chi connectivity index (χ2v) is 4.36. The van der Waals surface area contributed by atoms with Gasteiger partial charge in [-0.1, -0.05) is 0 Å². The van der Waals surface area contributed by atoms with Crippen LogP contribution in [0.5, 0.6) is 0 Å². The first-order valence-electron chi connectivity index (χ1n) is 4.98. The summed E-state index contributed by atoms with van der Waals surface area (Å²) in [5.74, 6) is -0.152. The minimum Gasteiger partial charge on any atom is -0.398 e. The van der Waals surface area contributed by atoms with E-state index in [2.05, 4.69) is 31.4 Å². The van der Waals surface area contributed by atoms with Crippen molar-refractivity contribution in [1.29, 1.82) is 0 Å². The summed E-state index contributed by atoms with van der Waals surface area (Å²) in [4.78, 5) is 11.8. The van der Waals surface area contributed by atoms with E-state index in [9.17, 15) is 4.79 Å². The molecular formula is C11H11BrN4O. The Kier molecular flexibility index (Phi) is 3.43. The molecule has 0 aliphatic carbocycles. The van der Waals surface area contributed by atoms with E-state index in [0.717, 1.165) is 5.69 Å². The quantitative estimate of drug-likeness (QED) is 0.753. The molecule has 2 aromatic rings. The number of nitrogens with two attached hydrogens (primary N) is 1. The summed E-state index contributed by atoms with van der Waals surface area (Å²) < 4.78 is 0.715. The fraction of sp³-hybridized carbons (Fsp3) is 0.0909. The van der Waals surface area contributed by atoms with Gasteiger partial charge in [-0.05, 0) is 40.2 Å². The van der Waals surface area contributed by atoms with Crippen LogP contribution in [-0.2, 0) is 6.54 Å². The van der Waals surface area contributed by atoms with Crippen molar-refractivity contribution in [3.8, 4) is 0 Å². The van der Waals surface area contributed by atoms with Crippen LogP contribution in [0, 0.1) is 0 Å². The van der Waals surface area contributed by atoms with Gasteiger partial charge in [-0.2, -0.15) is 5.10 Å². The van der Waals surface area contributed by atoms with Gasteiger partial charge in [0.15, 0.2) is 0 Å². The number of amides is 1. The van der Waals surface area contributed by atoms with Gasteiger partial charge < -0.3 is 11.1 Å². The number of carbonyl (C=O) groups excluding carboxylic acids is 1. The minimum atomic E-state index is -0.152. The van der Waals surface area contributed by atoms with Crippen molar-refractivity contribution < 1.29 is 4.79 Å². The fourth-order valence-corrected chi connectivity index (χ4v) is 1.71. The Morgan fingerprint density at radius 1 is 1.47 bits per heavy atom. The maximum absolute atomic E-state index is 11.8.